The van der Waals surface area contributed by atoms with Crippen molar-refractivity contribution in [2.24, 2.45) is 0 Å². The number of ketones is 1. The lowest BCUT2D eigenvalue weighted by Crippen LogP contribution is -2.33. The lowest BCUT2D eigenvalue weighted by atomic mass is 10.2. The summed E-state index contributed by atoms with van der Waals surface area (Å²) < 4.78 is 4.82. The summed E-state index contributed by atoms with van der Waals surface area (Å²) in [6, 6.07) is 0. The Labute approximate surface area is 72.3 Å². The van der Waals surface area contributed by atoms with Gasteiger partial charge in [-0.2, -0.15) is 0 Å². The van der Waals surface area contributed by atoms with Crippen LogP contribution in [0, 0.1) is 0 Å². The molecule has 12 heavy (non-hydrogen) atoms. The molecule has 0 rings (SSSR count). The highest BCUT2D eigenvalue weighted by Gasteiger charge is 2.21. The lowest BCUT2D eigenvalue weighted by Gasteiger charge is -2.18. The first-order valence-corrected chi connectivity index (χ1v) is 3.77. The standard InChI is InChI=1S/C8H15NO3/c1-8(2,3)12-7(11)6(10)5-9-4/h9H,5H2,1-4H3. The van der Waals surface area contributed by atoms with Crippen molar-refractivity contribution in [3.8, 4) is 0 Å². The van der Waals surface area contributed by atoms with Crippen LogP contribution in [-0.2, 0) is 14.3 Å². The van der Waals surface area contributed by atoms with Crippen LogP contribution in [-0.4, -0.2) is 30.9 Å². The van der Waals surface area contributed by atoms with E-state index in [1.165, 1.54) is 0 Å². The SMILES string of the molecule is CNCC(=O)C(=O)OC(C)(C)C. The van der Waals surface area contributed by atoms with Crippen LogP contribution >= 0.6 is 0 Å². The molecule has 0 unspecified atom stereocenters. The summed E-state index contributed by atoms with van der Waals surface area (Å²) in [5, 5.41) is 2.58. The Morgan fingerprint density at radius 2 is 1.83 bits per heavy atom. The van der Waals surface area contributed by atoms with Gasteiger partial charge < -0.3 is 10.1 Å². The summed E-state index contributed by atoms with van der Waals surface area (Å²) >= 11 is 0. The molecular weight excluding hydrogens is 158 g/mol. The van der Waals surface area contributed by atoms with E-state index in [0.29, 0.717) is 0 Å². The number of esters is 1. The first-order chi connectivity index (χ1) is 5.37. The molecule has 0 saturated heterocycles. The molecule has 0 atom stereocenters. The maximum atomic E-state index is 10.9. The molecule has 0 aliphatic rings. The number of Topliss-reactive ketones (excluding diaryl/α,β-unsaturated/α-hetero) is 1. The summed E-state index contributed by atoms with van der Waals surface area (Å²) in [6.07, 6.45) is 0. The van der Waals surface area contributed by atoms with Gasteiger partial charge in [0.1, 0.15) is 5.60 Å². The van der Waals surface area contributed by atoms with Gasteiger partial charge in [0.05, 0.1) is 6.54 Å². The summed E-state index contributed by atoms with van der Waals surface area (Å²) in [7, 11) is 1.60. The van der Waals surface area contributed by atoms with E-state index < -0.39 is 17.4 Å². The molecule has 0 aromatic rings. The van der Waals surface area contributed by atoms with Crippen molar-refractivity contribution in [1.29, 1.82) is 0 Å². The van der Waals surface area contributed by atoms with Gasteiger partial charge in [-0.25, -0.2) is 4.79 Å². The number of ether oxygens (including phenoxy) is 1. The van der Waals surface area contributed by atoms with Crippen LogP contribution in [0.25, 0.3) is 0 Å². The Bertz CT molecular complexity index is 181. The largest absolute Gasteiger partial charge is 0.454 e. The molecule has 0 aliphatic heterocycles. The second kappa shape index (κ2) is 4.21. The van der Waals surface area contributed by atoms with E-state index in [1.54, 1.807) is 27.8 Å². The van der Waals surface area contributed by atoms with Gasteiger partial charge in [-0.05, 0) is 27.8 Å². The molecule has 0 spiro atoms. The highest BCUT2D eigenvalue weighted by molar-refractivity contribution is 6.34. The van der Waals surface area contributed by atoms with Crippen LogP contribution in [0.1, 0.15) is 20.8 Å². The van der Waals surface area contributed by atoms with Crippen molar-refractivity contribution in [3.05, 3.63) is 0 Å². The van der Waals surface area contributed by atoms with E-state index in [9.17, 15) is 9.59 Å². The maximum Gasteiger partial charge on any atom is 0.376 e. The number of rotatable bonds is 3. The van der Waals surface area contributed by atoms with E-state index >= 15 is 0 Å². The molecule has 0 radical (unpaired) electrons. The van der Waals surface area contributed by atoms with Gasteiger partial charge in [-0.3, -0.25) is 4.79 Å². The highest BCUT2D eigenvalue weighted by atomic mass is 16.6. The molecule has 0 aromatic carbocycles. The molecular formula is C8H15NO3. The van der Waals surface area contributed by atoms with Crippen LogP contribution in [0.15, 0.2) is 0 Å². The Morgan fingerprint density at radius 3 is 2.17 bits per heavy atom. The normalized spacial score (nSPS) is 11.0. The fourth-order valence-electron chi connectivity index (χ4n) is 0.568. The molecule has 4 nitrogen and oxygen atoms in total. The summed E-state index contributed by atoms with van der Waals surface area (Å²) in [4.78, 5) is 21.8. The Balaban J connectivity index is 3.97. The molecule has 0 heterocycles. The van der Waals surface area contributed by atoms with Crippen molar-refractivity contribution in [1.82, 2.24) is 5.32 Å². The third kappa shape index (κ3) is 4.85. The van der Waals surface area contributed by atoms with Crippen LogP contribution in [0.4, 0.5) is 0 Å². The van der Waals surface area contributed by atoms with E-state index in [0.717, 1.165) is 0 Å². The van der Waals surface area contributed by atoms with E-state index in [-0.39, 0.29) is 6.54 Å². The highest BCUT2D eigenvalue weighted by Crippen LogP contribution is 2.06. The minimum atomic E-state index is -0.781. The molecule has 0 aliphatic carbocycles. The van der Waals surface area contributed by atoms with Crippen molar-refractivity contribution in [2.45, 2.75) is 26.4 Å². The third-order valence-electron chi connectivity index (χ3n) is 0.964. The van der Waals surface area contributed by atoms with Crippen LogP contribution in [0.2, 0.25) is 0 Å². The van der Waals surface area contributed by atoms with E-state index in [1.807, 2.05) is 0 Å². The second-order valence-corrected chi connectivity index (χ2v) is 3.46. The van der Waals surface area contributed by atoms with Crippen LogP contribution in [0.3, 0.4) is 0 Å². The quantitative estimate of drug-likeness (QED) is 0.486. The number of hydrogen-bond acceptors (Lipinski definition) is 4. The summed E-state index contributed by atoms with van der Waals surface area (Å²) in [5.41, 5.74) is -0.597. The zero-order chi connectivity index (χ0) is 9.78. The van der Waals surface area contributed by atoms with Gasteiger partial charge in [0.2, 0.25) is 0 Å². The van der Waals surface area contributed by atoms with Gasteiger partial charge in [0.25, 0.3) is 5.78 Å². The molecule has 0 fully saturated rings. The van der Waals surface area contributed by atoms with Crippen molar-refractivity contribution >= 4 is 11.8 Å². The van der Waals surface area contributed by atoms with Gasteiger partial charge in [-0.1, -0.05) is 0 Å². The average molecular weight is 173 g/mol. The van der Waals surface area contributed by atoms with Crippen molar-refractivity contribution in [2.75, 3.05) is 13.6 Å². The molecule has 0 aromatic heterocycles. The predicted octanol–water partition coefficient (Wildman–Crippen LogP) is 0.117. The summed E-state index contributed by atoms with van der Waals surface area (Å²) in [5.74, 6) is -1.33. The zero-order valence-corrected chi connectivity index (χ0v) is 7.93. The number of nitrogens with one attached hydrogen (secondary N) is 1. The molecule has 4 heteroatoms. The van der Waals surface area contributed by atoms with Crippen LogP contribution < -0.4 is 5.32 Å². The Kier molecular flexibility index (Phi) is 3.89. The fraction of sp³-hybridized carbons (Fsp3) is 0.750. The van der Waals surface area contributed by atoms with Crippen LogP contribution in [0.5, 0.6) is 0 Å². The molecule has 0 saturated carbocycles. The number of carbonyl (C=O) groups is 2. The predicted molar refractivity (Wildman–Crippen MR) is 44.8 cm³/mol. The number of hydrogen-bond donors (Lipinski definition) is 1. The average Bonchev–Trinajstić information content (AvgIpc) is 1.84. The second-order valence-electron chi connectivity index (χ2n) is 3.46. The molecule has 1 N–H and O–H groups in total. The van der Waals surface area contributed by atoms with E-state index in [4.69, 9.17) is 4.74 Å². The fourth-order valence-corrected chi connectivity index (χ4v) is 0.568. The minimum Gasteiger partial charge on any atom is -0.454 e. The maximum absolute atomic E-state index is 10.9. The number of likely N-dealkylation sites (N-methyl/N-ethyl adjacent to an activating group) is 1. The van der Waals surface area contributed by atoms with Crippen molar-refractivity contribution in [3.63, 3.8) is 0 Å². The van der Waals surface area contributed by atoms with Gasteiger partial charge in [-0.15, -0.1) is 0 Å². The zero-order valence-electron chi connectivity index (χ0n) is 7.93. The summed E-state index contributed by atoms with van der Waals surface area (Å²) in [6.45, 7) is 5.18. The minimum absolute atomic E-state index is 0.0227. The van der Waals surface area contributed by atoms with E-state index in [2.05, 4.69) is 5.32 Å². The van der Waals surface area contributed by atoms with Gasteiger partial charge in [0.15, 0.2) is 0 Å². The number of carbonyl (C=O) groups excluding carboxylic acids is 2. The lowest BCUT2D eigenvalue weighted by molar-refractivity contribution is -0.162. The first-order valence-electron chi connectivity index (χ1n) is 3.77. The Morgan fingerprint density at radius 1 is 1.33 bits per heavy atom. The molecule has 0 amide bonds. The third-order valence-corrected chi connectivity index (χ3v) is 0.964. The molecule has 70 valence electrons. The van der Waals surface area contributed by atoms with Gasteiger partial charge >= 0.3 is 5.97 Å². The monoisotopic (exact) mass is 173 g/mol. The topological polar surface area (TPSA) is 55.4 Å². The smallest absolute Gasteiger partial charge is 0.376 e. The first kappa shape index (κ1) is 11.1. The van der Waals surface area contributed by atoms with Gasteiger partial charge in [0, 0.05) is 0 Å². The van der Waals surface area contributed by atoms with Crippen molar-refractivity contribution < 1.29 is 14.3 Å². The Hall–Kier alpha value is -0.900. The molecule has 0 bridgehead atoms.